The zero-order valence-electron chi connectivity index (χ0n) is 10.9. The molecule has 3 rings (SSSR count). The quantitative estimate of drug-likeness (QED) is 0.860. The number of nitrogens with one attached hydrogen (secondary N) is 1. The summed E-state index contributed by atoms with van der Waals surface area (Å²) in [5.74, 6) is 1.39. The number of amides is 1. The third-order valence-electron chi connectivity index (χ3n) is 3.79. The molecule has 1 aromatic rings. The summed E-state index contributed by atoms with van der Waals surface area (Å²) < 4.78 is 1.97. The average molecular weight is 286 g/mol. The van der Waals surface area contributed by atoms with Crippen molar-refractivity contribution in [2.75, 3.05) is 19.6 Å². The van der Waals surface area contributed by atoms with Crippen LogP contribution in [0.25, 0.3) is 0 Å². The van der Waals surface area contributed by atoms with Gasteiger partial charge >= 0.3 is 0 Å². The van der Waals surface area contributed by atoms with Crippen molar-refractivity contribution in [2.24, 2.45) is 0 Å². The molecule has 0 spiro atoms. The van der Waals surface area contributed by atoms with Gasteiger partial charge in [-0.05, 0) is 12.8 Å². The van der Waals surface area contributed by atoms with Crippen molar-refractivity contribution < 1.29 is 4.79 Å². The second-order valence-corrected chi connectivity index (χ2v) is 5.03. The number of nitrogens with zero attached hydrogens (tertiary/aromatic N) is 4. The second kappa shape index (κ2) is 6.34. The lowest BCUT2D eigenvalue weighted by Gasteiger charge is -2.25. The number of hydrogen-bond acceptors (Lipinski definition) is 4. The first kappa shape index (κ1) is 14.3. The molecule has 6 nitrogen and oxygen atoms in total. The van der Waals surface area contributed by atoms with Crippen LogP contribution in [-0.2, 0) is 17.8 Å². The van der Waals surface area contributed by atoms with E-state index in [4.69, 9.17) is 0 Å². The van der Waals surface area contributed by atoms with E-state index < -0.39 is 0 Å². The Morgan fingerprint density at radius 2 is 2.32 bits per heavy atom. The van der Waals surface area contributed by atoms with Gasteiger partial charge in [0.2, 0.25) is 5.91 Å². The van der Waals surface area contributed by atoms with Crippen molar-refractivity contribution in [3.63, 3.8) is 0 Å². The van der Waals surface area contributed by atoms with Gasteiger partial charge in [0.05, 0.1) is 6.54 Å². The molecule has 19 heavy (non-hydrogen) atoms. The third-order valence-corrected chi connectivity index (χ3v) is 3.79. The summed E-state index contributed by atoms with van der Waals surface area (Å²) in [4.78, 5) is 17.6. The fourth-order valence-corrected chi connectivity index (χ4v) is 2.75. The summed E-state index contributed by atoms with van der Waals surface area (Å²) >= 11 is 0. The SMILES string of the molecule is Cl.O=C1CCCN1CCNC1CCc2ncnn2C1. The summed E-state index contributed by atoms with van der Waals surface area (Å²) in [6.07, 6.45) is 5.46. The van der Waals surface area contributed by atoms with Crippen molar-refractivity contribution in [1.29, 1.82) is 0 Å². The van der Waals surface area contributed by atoms with Gasteiger partial charge < -0.3 is 10.2 Å². The first-order valence-electron chi connectivity index (χ1n) is 6.71. The predicted molar refractivity (Wildman–Crippen MR) is 73.2 cm³/mol. The lowest BCUT2D eigenvalue weighted by molar-refractivity contribution is -0.127. The molecule has 1 unspecified atom stereocenters. The molecule has 1 atom stereocenters. The van der Waals surface area contributed by atoms with Gasteiger partial charge in [0.15, 0.2) is 0 Å². The highest BCUT2D eigenvalue weighted by atomic mass is 35.5. The van der Waals surface area contributed by atoms with E-state index >= 15 is 0 Å². The van der Waals surface area contributed by atoms with Gasteiger partial charge in [-0.15, -0.1) is 12.4 Å². The molecule has 1 fully saturated rings. The van der Waals surface area contributed by atoms with E-state index in [-0.39, 0.29) is 12.4 Å². The third kappa shape index (κ3) is 3.25. The molecule has 0 aromatic carbocycles. The van der Waals surface area contributed by atoms with Crippen LogP contribution in [0.5, 0.6) is 0 Å². The van der Waals surface area contributed by atoms with Gasteiger partial charge in [0.1, 0.15) is 12.2 Å². The van der Waals surface area contributed by atoms with E-state index in [0.29, 0.717) is 11.9 Å². The normalized spacial score (nSPS) is 22.2. The molecule has 2 aliphatic rings. The van der Waals surface area contributed by atoms with E-state index in [1.165, 1.54) is 0 Å². The molecule has 106 valence electrons. The number of fused-ring (bicyclic) bond motifs is 1. The van der Waals surface area contributed by atoms with E-state index in [1.54, 1.807) is 6.33 Å². The van der Waals surface area contributed by atoms with E-state index in [0.717, 1.165) is 57.7 Å². The molecule has 7 heteroatoms. The standard InChI is InChI=1S/C12H19N5O.ClH/c18-12-2-1-6-16(12)7-5-13-10-3-4-11-14-9-15-17(11)8-10;/h9-10,13H,1-8H2;1H. The van der Waals surface area contributed by atoms with Crippen LogP contribution in [0.4, 0.5) is 0 Å². The topological polar surface area (TPSA) is 63.1 Å². The summed E-state index contributed by atoms with van der Waals surface area (Å²) in [5.41, 5.74) is 0. The second-order valence-electron chi connectivity index (χ2n) is 5.03. The van der Waals surface area contributed by atoms with Gasteiger partial charge in [-0.2, -0.15) is 5.10 Å². The zero-order valence-corrected chi connectivity index (χ0v) is 11.7. The van der Waals surface area contributed by atoms with Gasteiger partial charge in [0.25, 0.3) is 0 Å². The van der Waals surface area contributed by atoms with Gasteiger partial charge in [-0.1, -0.05) is 0 Å². The van der Waals surface area contributed by atoms with Crippen molar-refractivity contribution in [3.05, 3.63) is 12.2 Å². The highest BCUT2D eigenvalue weighted by Crippen LogP contribution is 2.12. The molecule has 2 aliphatic heterocycles. The van der Waals surface area contributed by atoms with Crippen LogP contribution < -0.4 is 5.32 Å². The summed E-state index contributed by atoms with van der Waals surface area (Å²) in [5, 5.41) is 7.72. The van der Waals surface area contributed by atoms with Gasteiger partial charge in [0, 0.05) is 38.5 Å². The van der Waals surface area contributed by atoms with Crippen molar-refractivity contribution in [1.82, 2.24) is 25.0 Å². The molecule has 0 saturated carbocycles. The lowest BCUT2D eigenvalue weighted by Crippen LogP contribution is -2.42. The lowest BCUT2D eigenvalue weighted by atomic mass is 10.1. The molecule has 0 aliphatic carbocycles. The van der Waals surface area contributed by atoms with Crippen LogP contribution in [0.2, 0.25) is 0 Å². The number of carbonyl (C=O) groups is 1. The Kier molecular flexibility index (Phi) is 4.76. The minimum atomic E-state index is 0. The molecule has 0 radical (unpaired) electrons. The number of likely N-dealkylation sites (tertiary alicyclic amines) is 1. The number of hydrogen-bond donors (Lipinski definition) is 1. The van der Waals surface area contributed by atoms with E-state index in [9.17, 15) is 4.79 Å². The van der Waals surface area contributed by atoms with Crippen LogP contribution in [0.1, 0.15) is 25.1 Å². The Bertz CT molecular complexity index is 436. The van der Waals surface area contributed by atoms with Gasteiger partial charge in [-0.25, -0.2) is 9.67 Å². The molecule has 1 amide bonds. The largest absolute Gasteiger partial charge is 0.341 e. The molecule has 3 heterocycles. The van der Waals surface area contributed by atoms with E-state index in [1.807, 2.05) is 9.58 Å². The van der Waals surface area contributed by atoms with E-state index in [2.05, 4.69) is 15.4 Å². The van der Waals surface area contributed by atoms with Crippen molar-refractivity contribution >= 4 is 18.3 Å². The molecular formula is C12H20ClN5O. The molecule has 1 aromatic heterocycles. The maximum atomic E-state index is 11.5. The fraction of sp³-hybridized carbons (Fsp3) is 0.750. The summed E-state index contributed by atoms with van der Waals surface area (Å²) in [6, 6.07) is 0.455. The van der Waals surface area contributed by atoms with Crippen LogP contribution in [0, 0.1) is 0 Å². The molecule has 0 bridgehead atoms. The molecular weight excluding hydrogens is 266 g/mol. The van der Waals surface area contributed by atoms with Gasteiger partial charge in [-0.3, -0.25) is 4.79 Å². The van der Waals surface area contributed by atoms with Crippen molar-refractivity contribution in [3.8, 4) is 0 Å². The van der Waals surface area contributed by atoms with Crippen LogP contribution in [0.3, 0.4) is 0 Å². The Morgan fingerprint density at radius 3 is 3.11 bits per heavy atom. The highest BCUT2D eigenvalue weighted by Gasteiger charge is 2.21. The first-order chi connectivity index (χ1) is 8.83. The first-order valence-corrected chi connectivity index (χ1v) is 6.71. The number of rotatable bonds is 4. The maximum absolute atomic E-state index is 11.5. The summed E-state index contributed by atoms with van der Waals surface area (Å²) in [7, 11) is 0. The highest BCUT2D eigenvalue weighted by molar-refractivity contribution is 5.85. The van der Waals surface area contributed by atoms with Crippen LogP contribution in [0.15, 0.2) is 6.33 Å². The fourth-order valence-electron chi connectivity index (χ4n) is 2.75. The number of carbonyl (C=O) groups excluding carboxylic acids is 1. The predicted octanol–water partition coefficient (Wildman–Crippen LogP) is 0.227. The number of aryl methyl sites for hydroxylation is 1. The maximum Gasteiger partial charge on any atom is 0.222 e. The van der Waals surface area contributed by atoms with Crippen LogP contribution in [-0.4, -0.2) is 51.2 Å². The Labute approximate surface area is 119 Å². The Morgan fingerprint density at radius 1 is 1.42 bits per heavy atom. The molecule has 1 saturated heterocycles. The molecule has 1 N–H and O–H groups in total. The smallest absolute Gasteiger partial charge is 0.222 e. The summed E-state index contributed by atoms with van der Waals surface area (Å²) in [6.45, 7) is 3.53. The van der Waals surface area contributed by atoms with Crippen LogP contribution >= 0.6 is 12.4 Å². The number of halogens is 1. The minimum Gasteiger partial charge on any atom is -0.341 e. The Balaban J connectivity index is 0.00000133. The number of aromatic nitrogens is 3. The van der Waals surface area contributed by atoms with Crippen molar-refractivity contribution in [2.45, 2.75) is 38.3 Å². The zero-order chi connectivity index (χ0) is 12.4. The average Bonchev–Trinajstić information content (AvgIpc) is 2.98. The minimum absolute atomic E-state index is 0. The monoisotopic (exact) mass is 285 g/mol. The Hall–Kier alpha value is -1.14.